The van der Waals surface area contributed by atoms with Crippen LogP contribution < -0.4 is 4.74 Å². The summed E-state index contributed by atoms with van der Waals surface area (Å²) in [5.41, 5.74) is 4.09. The number of hydrogen-bond donors (Lipinski definition) is 1. The monoisotopic (exact) mass is 409 g/mol. The van der Waals surface area contributed by atoms with Gasteiger partial charge in [0, 0.05) is 5.56 Å². The van der Waals surface area contributed by atoms with Crippen molar-refractivity contribution in [2.24, 2.45) is 11.8 Å². The van der Waals surface area contributed by atoms with Crippen molar-refractivity contribution in [3.8, 4) is 16.9 Å². The summed E-state index contributed by atoms with van der Waals surface area (Å²) in [6.07, 6.45) is 5.59. The van der Waals surface area contributed by atoms with E-state index in [1.807, 2.05) is 19.1 Å². The molecule has 4 rings (SSSR count). The summed E-state index contributed by atoms with van der Waals surface area (Å²) in [5, 5.41) is 10.3. The highest BCUT2D eigenvalue weighted by Crippen LogP contribution is 2.36. The van der Waals surface area contributed by atoms with E-state index in [0.717, 1.165) is 39.6 Å². The van der Waals surface area contributed by atoms with E-state index >= 15 is 0 Å². The molecular weight excluding hydrogens is 382 g/mol. The first-order valence-corrected chi connectivity index (χ1v) is 11.2. The third kappa shape index (κ3) is 4.61. The van der Waals surface area contributed by atoms with Crippen molar-refractivity contribution in [3.63, 3.8) is 0 Å². The molecule has 4 nitrogen and oxygen atoms in total. The zero-order chi connectivity index (χ0) is 20.4. The molecule has 2 aromatic carbocycles. The van der Waals surface area contributed by atoms with Crippen molar-refractivity contribution in [3.05, 3.63) is 47.0 Å². The lowest BCUT2D eigenvalue weighted by atomic mass is 9.96. The Balaban J connectivity index is 1.68. The van der Waals surface area contributed by atoms with E-state index in [1.54, 1.807) is 18.3 Å². The van der Waals surface area contributed by atoms with Crippen molar-refractivity contribution < 1.29 is 14.6 Å². The number of thiazole rings is 1. The predicted molar refractivity (Wildman–Crippen MR) is 118 cm³/mol. The molecule has 1 unspecified atom stereocenters. The Labute approximate surface area is 175 Å². The van der Waals surface area contributed by atoms with Crippen LogP contribution in [0, 0.1) is 18.8 Å². The van der Waals surface area contributed by atoms with E-state index in [-0.39, 0.29) is 0 Å². The summed E-state index contributed by atoms with van der Waals surface area (Å²) in [4.78, 5) is 15.9. The van der Waals surface area contributed by atoms with Gasteiger partial charge in [0.25, 0.3) is 0 Å². The zero-order valence-corrected chi connectivity index (χ0v) is 17.8. The first kappa shape index (κ1) is 19.9. The summed E-state index contributed by atoms with van der Waals surface area (Å²) in [5.74, 6) is 0.317. The number of hydrogen-bond acceptors (Lipinski definition) is 4. The molecule has 1 aliphatic carbocycles. The second-order valence-electron chi connectivity index (χ2n) is 8.15. The van der Waals surface area contributed by atoms with E-state index in [2.05, 4.69) is 29.2 Å². The van der Waals surface area contributed by atoms with Crippen LogP contribution >= 0.6 is 11.3 Å². The summed E-state index contributed by atoms with van der Waals surface area (Å²) in [6, 6.07) is 12.4. The summed E-state index contributed by atoms with van der Waals surface area (Å²) in [6.45, 7) is 4.51. The lowest BCUT2D eigenvalue weighted by Gasteiger charge is -2.17. The van der Waals surface area contributed by atoms with Gasteiger partial charge in [0.15, 0.2) is 0 Å². The minimum absolute atomic E-state index is 0.420. The fourth-order valence-electron chi connectivity index (χ4n) is 4.09. The van der Waals surface area contributed by atoms with Gasteiger partial charge in [-0.3, -0.25) is 4.79 Å². The van der Waals surface area contributed by atoms with E-state index in [1.165, 1.54) is 30.4 Å². The number of carboxylic acid groups (broad SMARTS) is 1. The van der Waals surface area contributed by atoms with Gasteiger partial charge in [0.2, 0.25) is 0 Å². The normalized spacial score (nSPS) is 15.7. The summed E-state index contributed by atoms with van der Waals surface area (Å²) >= 11 is 1.69. The second kappa shape index (κ2) is 8.54. The topological polar surface area (TPSA) is 59.4 Å². The zero-order valence-electron chi connectivity index (χ0n) is 17.0. The Morgan fingerprint density at radius 3 is 2.79 bits per heavy atom. The lowest BCUT2D eigenvalue weighted by Crippen LogP contribution is -2.12. The molecule has 152 valence electrons. The van der Waals surface area contributed by atoms with Crippen LogP contribution in [0.2, 0.25) is 0 Å². The average Bonchev–Trinajstić information content (AvgIpc) is 3.34. The Morgan fingerprint density at radius 1 is 1.24 bits per heavy atom. The number of nitrogens with zero attached hydrogens (tertiary/aromatic N) is 1. The van der Waals surface area contributed by atoms with Crippen LogP contribution in [0.3, 0.4) is 0 Å². The molecular formula is C24H27NO3S. The number of carbonyl (C=O) groups is 1. The van der Waals surface area contributed by atoms with Gasteiger partial charge in [-0.05, 0) is 67.5 Å². The fraction of sp³-hybridized carbons (Fsp3) is 0.417. The molecule has 0 radical (unpaired) electrons. The third-order valence-electron chi connectivity index (χ3n) is 5.76. The van der Waals surface area contributed by atoms with Crippen LogP contribution in [-0.2, 0) is 11.2 Å². The highest BCUT2D eigenvalue weighted by molar-refractivity contribution is 7.18. The van der Waals surface area contributed by atoms with Crippen molar-refractivity contribution in [2.75, 3.05) is 6.61 Å². The number of aryl methyl sites for hydroxylation is 1. The van der Waals surface area contributed by atoms with Gasteiger partial charge in [-0.15, -0.1) is 11.3 Å². The van der Waals surface area contributed by atoms with Crippen LogP contribution in [0.4, 0.5) is 0 Å². The molecule has 3 aromatic rings. The van der Waals surface area contributed by atoms with Crippen LogP contribution in [0.5, 0.6) is 5.75 Å². The number of aromatic nitrogens is 1. The standard InChI is InChI=1S/C24H27NO3S/c1-15(24(26)27)11-18-7-9-22(28-14-17-5-3-4-6-17)20(12-18)19-8-10-23-21(13-19)25-16(2)29-23/h7-10,12-13,15,17H,3-6,11,14H2,1-2H3,(H,26,27). The Hall–Kier alpha value is -2.40. The van der Waals surface area contributed by atoms with Gasteiger partial charge in [-0.2, -0.15) is 0 Å². The molecule has 29 heavy (non-hydrogen) atoms. The Kier molecular flexibility index (Phi) is 5.86. The van der Waals surface area contributed by atoms with E-state index in [0.29, 0.717) is 12.3 Å². The minimum Gasteiger partial charge on any atom is -0.493 e. The maximum atomic E-state index is 11.3. The first-order valence-electron chi connectivity index (χ1n) is 10.4. The first-order chi connectivity index (χ1) is 14.0. The lowest BCUT2D eigenvalue weighted by molar-refractivity contribution is -0.141. The highest BCUT2D eigenvalue weighted by atomic mass is 32.1. The Morgan fingerprint density at radius 2 is 2.03 bits per heavy atom. The maximum absolute atomic E-state index is 11.3. The van der Waals surface area contributed by atoms with Gasteiger partial charge in [-0.25, -0.2) is 4.98 Å². The van der Waals surface area contributed by atoms with Gasteiger partial charge >= 0.3 is 5.97 Å². The molecule has 0 aliphatic heterocycles. The van der Waals surface area contributed by atoms with Crippen molar-refractivity contribution in [2.45, 2.75) is 46.0 Å². The minimum atomic E-state index is -0.771. The van der Waals surface area contributed by atoms with E-state index < -0.39 is 11.9 Å². The number of rotatable bonds is 7. The maximum Gasteiger partial charge on any atom is 0.306 e. The molecule has 5 heteroatoms. The molecule has 1 heterocycles. The van der Waals surface area contributed by atoms with Crippen LogP contribution in [0.25, 0.3) is 21.3 Å². The average molecular weight is 410 g/mol. The van der Waals surface area contributed by atoms with Crippen LogP contribution in [0.1, 0.15) is 43.2 Å². The molecule has 1 aliphatic rings. The van der Waals surface area contributed by atoms with Crippen molar-refractivity contribution >= 4 is 27.5 Å². The number of fused-ring (bicyclic) bond motifs is 1. The Bertz CT molecular complexity index is 1020. The molecule has 1 saturated carbocycles. The molecule has 0 saturated heterocycles. The second-order valence-corrected chi connectivity index (χ2v) is 9.39. The number of benzene rings is 2. The number of aliphatic carboxylic acids is 1. The van der Waals surface area contributed by atoms with E-state index in [4.69, 9.17) is 4.74 Å². The summed E-state index contributed by atoms with van der Waals surface area (Å²) in [7, 11) is 0. The van der Waals surface area contributed by atoms with Crippen LogP contribution in [-0.4, -0.2) is 22.7 Å². The molecule has 0 amide bonds. The molecule has 0 spiro atoms. The van der Waals surface area contributed by atoms with Gasteiger partial charge in [0.05, 0.1) is 27.7 Å². The molecule has 0 bridgehead atoms. The van der Waals surface area contributed by atoms with Crippen LogP contribution in [0.15, 0.2) is 36.4 Å². The quantitative estimate of drug-likeness (QED) is 0.512. The predicted octanol–water partition coefficient (Wildman–Crippen LogP) is 6.10. The fourth-order valence-corrected chi connectivity index (χ4v) is 4.90. The van der Waals surface area contributed by atoms with Gasteiger partial charge < -0.3 is 9.84 Å². The van der Waals surface area contributed by atoms with Gasteiger partial charge in [-0.1, -0.05) is 31.9 Å². The molecule has 1 atom stereocenters. The number of ether oxygens (including phenoxy) is 1. The van der Waals surface area contributed by atoms with Crippen molar-refractivity contribution in [1.82, 2.24) is 4.98 Å². The highest BCUT2D eigenvalue weighted by Gasteiger charge is 2.18. The van der Waals surface area contributed by atoms with E-state index in [9.17, 15) is 9.90 Å². The SMILES string of the molecule is Cc1nc2cc(-c3cc(CC(C)C(=O)O)ccc3OCC3CCCC3)ccc2s1. The largest absolute Gasteiger partial charge is 0.493 e. The molecule has 1 fully saturated rings. The smallest absolute Gasteiger partial charge is 0.306 e. The van der Waals surface area contributed by atoms with Gasteiger partial charge in [0.1, 0.15) is 5.75 Å². The molecule has 1 aromatic heterocycles. The number of carboxylic acids is 1. The molecule has 1 N–H and O–H groups in total. The third-order valence-corrected chi connectivity index (χ3v) is 6.71. The van der Waals surface area contributed by atoms with Crippen molar-refractivity contribution in [1.29, 1.82) is 0 Å². The summed E-state index contributed by atoms with van der Waals surface area (Å²) < 4.78 is 7.44.